The molecular weight excluding hydrogens is 334 g/mol. The van der Waals surface area contributed by atoms with Crippen molar-refractivity contribution in [2.45, 2.75) is 19.9 Å². The standard InChI is InChI=1S/C11H11Br2N3/c1-2-3-16-7-14-15-11(16)8-4-9(12)6-10(13)5-8/h4-7H,2-3H2,1H3. The van der Waals surface area contributed by atoms with Crippen LogP contribution in [0, 0.1) is 0 Å². The zero-order valence-electron chi connectivity index (χ0n) is 8.82. The Morgan fingerprint density at radius 3 is 2.50 bits per heavy atom. The molecule has 0 spiro atoms. The molecule has 5 heteroatoms. The topological polar surface area (TPSA) is 30.7 Å². The van der Waals surface area contributed by atoms with Crippen molar-refractivity contribution in [2.24, 2.45) is 0 Å². The lowest BCUT2D eigenvalue weighted by Crippen LogP contribution is -1.98. The van der Waals surface area contributed by atoms with Gasteiger partial charge in [-0.15, -0.1) is 10.2 Å². The molecule has 0 saturated carbocycles. The van der Waals surface area contributed by atoms with E-state index in [1.165, 1.54) is 0 Å². The van der Waals surface area contributed by atoms with Gasteiger partial charge < -0.3 is 4.57 Å². The van der Waals surface area contributed by atoms with Crippen molar-refractivity contribution in [1.82, 2.24) is 14.8 Å². The van der Waals surface area contributed by atoms with E-state index in [0.717, 1.165) is 33.3 Å². The molecule has 0 fully saturated rings. The van der Waals surface area contributed by atoms with Gasteiger partial charge in [0.15, 0.2) is 5.82 Å². The minimum absolute atomic E-state index is 0.906. The zero-order chi connectivity index (χ0) is 11.5. The molecule has 16 heavy (non-hydrogen) atoms. The zero-order valence-corrected chi connectivity index (χ0v) is 12.0. The Hall–Kier alpha value is -0.680. The highest BCUT2D eigenvalue weighted by Crippen LogP contribution is 2.26. The van der Waals surface area contributed by atoms with Gasteiger partial charge in [0, 0.05) is 21.1 Å². The van der Waals surface area contributed by atoms with Crippen LogP contribution < -0.4 is 0 Å². The third-order valence-electron chi connectivity index (χ3n) is 2.20. The average molecular weight is 345 g/mol. The maximum absolute atomic E-state index is 4.16. The fourth-order valence-electron chi connectivity index (χ4n) is 1.57. The van der Waals surface area contributed by atoms with Crippen LogP contribution in [0.2, 0.25) is 0 Å². The first-order valence-electron chi connectivity index (χ1n) is 5.05. The fourth-order valence-corrected chi connectivity index (χ4v) is 2.86. The van der Waals surface area contributed by atoms with E-state index in [9.17, 15) is 0 Å². The molecule has 0 aliphatic carbocycles. The van der Waals surface area contributed by atoms with Crippen molar-refractivity contribution >= 4 is 31.9 Å². The predicted molar refractivity (Wildman–Crippen MR) is 71.1 cm³/mol. The summed E-state index contributed by atoms with van der Waals surface area (Å²) in [5, 5.41) is 8.12. The van der Waals surface area contributed by atoms with Crippen LogP contribution in [0.3, 0.4) is 0 Å². The molecule has 0 N–H and O–H groups in total. The molecule has 1 aromatic carbocycles. The Balaban J connectivity index is 2.45. The number of hydrogen-bond acceptors (Lipinski definition) is 2. The molecular formula is C11H11Br2N3. The number of aryl methyl sites for hydroxylation is 1. The van der Waals surface area contributed by atoms with E-state index in [-0.39, 0.29) is 0 Å². The van der Waals surface area contributed by atoms with Crippen LogP contribution in [-0.4, -0.2) is 14.8 Å². The first kappa shape index (κ1) is 11.8. The van der Waals surface area contributed by atoms with E-state index in [1.807, 2.05) is 18.2 Å². The molecule has 0 bridgehead atoms. The number of halogens is 2. The normalized spacial score (nSPS) is 10.7. The van der Waals surface area contributed by atoms with Gasteiger partial charge >= 0.3 is 0 Å². The lowest BCUT2D eigenvalue weighted by Gasteiger charge is -2.05. The predicted octanol–water partition coefficient (Wildman–Crippen LogP) is 3.88. The summed E-state index contributed by atoms with van der Waals surface area (Å²) in [6.45, 7) is 3.08. The van der Waals surface area contributed by atoms with Crippen LogP contribution in [-0.2, 0) is 6.54 Å². The Morgan fingerprint density at radius 2 is 1.88 bits per heavy atom. The Morgan fingerprint density at radius 1 is 1.19 bits per heavy atom. The quantitative estimate of drug-likeness (QED) is 0.845. The molecule has 0 radical (unpaired) electrons. The first-order chi connectivity index (χ1) is 7.70. The Bertz CT molecular complexity index is 473. The van der Waals surface area contributed by atoms with Crippen molar-refractivity contribution in [1.29, 1.82) is 0 Å². The van der Waals surface area contributed by atoms with Gasteiger partial charge in [-0.1, -0.05) is 38.8 Å². The van der Waals surface area contributed by atoms with Crippen LogP contribution in [0.1, 0.15) is 13.3 Å². The van der Waals surface area contributed by atoms with Gasteiger partial charge in [-0.25, -0.2) is 0 Å². The molecule has 0 atom stereocenters. The van der Waals surface area contributed by atoms with Crippen LogP contribution in [0.5, 0.6) is 0 Å². The smallest absolute Gasteiger partial charge is 0.163 e. The summed E-state index contributed by atoms with van der Waals surface area (Å²) in [6.07, 6.45) is 2.84. The molecule has 3 nitrogen and oxygen atoms in total. The third-order valence-corrected chi connectivity index (χ3v) is 3.12. The SMILES string of the molecule is CCCn1cnnc1-c1cc(Br)cc(Br)c1. The van der Waals surface area contributed by atoms with Crippen LogP contribution >= 0.6 is 31.9 Å². The van der Waals surface area contributed by atoms with Crippen molar-refractivity contribution in [3.05, 3.63) is 33.5 Å². The van der Waals surface area contributed by atoms with Gasteiger partial charge in [-0.3, -0.25) is 0 Å². The van der Waals surface area contributed by atoms with Crippen LogP contribution in [0.4, 0.5) is 0 Å². The number of hydrogen-bond donors (Lipinski definition) is 0. The summed E-state index contributed by atoms with van der Waals surface area (Å²) in [6, 6.07) is 6.09. The van der Waals surface area contributed by atoms with Crippen molar-refractivity contribution < 1.29 is 0 Å². The molecule has 84 valence electrons. The van der Waals surface area contributed by atoms with Crippen molar-refractivity contribution in [2.75, 3.05) is 0 Å². The number of aromatic nitrogens is 3. The summed E-state index contributed by atoms with van der Waals surface area (Å²) in [4.78, 5) is 0. The van der Waals surface area contributed by atoms with Crippen LogP contribution in [0.15, 0.2) is 33.5 Å². The minimum atomic E-state index is 0.906. The van der Waals surface area contributed by atoms with Crippen molar-refractivity contribution in [3.63, 3.8) is 0 Å². The lowest BCUT2D eigenvalue weighted by atomic mass is 10.2. The maximum Gasteiger partial charge on any atom is 0.163 e. The second-order valence-corrected chi connectivity index (χ2v) is 5.34. The Kier molecular flexibility index (Phi) is 3.76. The van der Waals surface area contributed by atoms with Gasteiger partial charge in [-0.2, -0.15) is 0 Å². The van der Waals surface area contributed by atoms with Gasteiger partial charge in [0.05, 0.1) is 0 Å². The molecule has 0 amide bonds. The van der Waals surface area contributed by atoms with E-state index in [1.54, 1.807) is 6.33 Å². The fraction of sp³-hybridized carbons (Fsp3) is 0.273. The molecule has 1 aromatic heterocycles. The lowest BCUT2D eigenvalue weighted by molar-refractivity contribution is 0.682. The monoisotopic (exact) mass is 343 g/mol. The summed E-state index contributed by atoms with van der Waals surface area (Å²) >= 11 is 6.95. The highest BCUT2D eigenvalue weighted by molar-refractivity contribution is 9.11. The molecule has 0 unspecified atom stereocenters. The van der Waals surface area contributed by atoms with E-state index in [0.29, 0.717) is 0 Å². The summed E-state index contributed by atoms with van der Waals surface area (Å²) in [5.74, 6) is 0.906. The molecule has 0 aliphatic rings. The van der Waals surface area contributed by atoms with Gasteiger partial charge in [0.25, 0.3) is 0 Å². The second kappa shape index (κ2) is 5.10. The average Bonchev–Trinajstić information content (AvgIpc) is 2.65. The van der Waals surface area contributed by atoms with E-state index >= 15 is 0 Å². The van der Waals surface area contributed by atoms with Gasteiger partial charge in [0.1, 0.15) is 6.33 Å². The number of rotatable bonds is 3. The third kappa shape index (κ3) is 2.52. The molecule has 1 heterocycles. The van der Waals surface area contributed by atoms with E-state index in [4.69, 9.17) is 0 Å². The molecule has 0 saturated heterocycles. The van der Waals surface area contributed by atoms with Crippen LogP contribution in [0.25, 0.3) is 11.4 Å². The van der Waals surface area contributed by atoms with Gasteiger partial charge in [-0.05, 0) is 24.6 Å². The van der Waals surface area contributed by atoms with E-state index < -0.39 is 0 Å². The van der Waals surface area contributed by atoms with E-state index in [2.05, 4.69) is 53.5 Å². The minimum Gasteiger partial charge on any atom is -0.314 e. The number of benzene rings is 1. The first-order valence-corrected chi connectivity index (χ1v) is 6.63. The maximum atomic E-state index is 4.16. The Labute approximate surface area is 111 Å². The second-order valence-electron chi connectivity index (χ2n) is 3.51. The molecule has 2 rings (SSSR count). The summed E-state index contributed by atoms with van der Waals surface area (Å²) < 4.78 is 4.12. The van der Waals surface area contributed by atoms with Crippen molar-refractivity contribution in [3.8, 4) is 11.4 Å². The largest absolute Gasteiger partial charge is 0.314 e. The van der Waals surface area contributed by atoms with Gasteiger partial charge in [0.2, 0.25) is 0 Å². The molecule has 0 aliphatic heterocycles. The highest BCUT2D eigenvalue weighted by Gasteiger charge is 2.08. The molecule has 2 aromatic rings. The summed E-state index contributed by atoms with van der Waals surface area (Å²) in [7, 11) is 0. The summed E-state index contributed by atoms with van der Waals surface area (Å²) in [5.41, 5.74) is 1.06. The number of nitrogens with zero attached hydrogens (tertiary/aromatic N) is 3. The highest BCUT2D eigenvalue weighted by atomic mass is 79.9.